The number of benzene rings is 1. The molecule has 0 bridgehead atoms. The number of hydrogen-bond donors (Lipinski definition) is 2. The largest absolute Gasteiger partial charge is 0.381 e. The van der Waals surface area contributed by atoms with E-state index < -0.39 is 23.2 Å². The minimum atomic E-state index is -0.703. The van der Waals surface area contributed by atoms with E-state index in [1.165, 1.54) is 0 Å². The molecule has 1 aliphatic heterocycles. The van der Waals surface area contributed by atoms with Crippen molar-refractivity contribution in [2.24, 2.45) is 0 Å². The zero-order valence-corrected chi connectivity index (χ0v) is 12.5. The Bertz CT molecular complexity index is 519. The average Bonchev–Trinajstić information content (AvgIpc) is 2.36. The molecule has 0 spiro atoms. The summed E-state index contributed by atoms with van der Waals surface area (Å²) >= 11 is 2.88. The van der Waals surface area contributed by atoms with Crippen LogP contribution in [0, 0.1) is 11.6 Å². The fourth-order valence-electron chi connectivity index (χ4n) is 1.99. The maximum absolute atomic E-state index is 13.6. The molecule has 0 saturated carbocycles. The second-order valence-electron chi connectivity index (χ2n) is 5.00. The third-order valence-corrected chi connectivity index (χ3v) is 3.88. The molecule has 4 nitrogen and oxygen atoms in total. The van der Waals surface area contributed by atoms with Gasteiger partial charge in [0.2, 0.25) is 0 Å². The Morgan fingerprint density at radius 1 is 1.30 bits per heavy atom. The van der Waals surface area contributed by atoms with Crippen molar-refractivity contribution < 1.29 is 18.3 Å². The SMILES string of the molecule is CC1(NC(=O)Nc2cc(F)c(Br)cc2F)CCOCC1. The van der Waals surface area contributed by atoms with Gasteiger partial charge in [-0.15, -0.1) is 0 Å². The normalized spacial score (nSPS) is 17.6. The number of urea groups is 1. The van der Waals surface area contributed by atoms with Gasteiger partial charge >= 0.3 is 6.03 Å². The van der Waals surface area contributed by atoms with Crippen molar-refractivity contribution >= 4 is 27.6 Å². The van der Waals surface area contributed by atoms with E-state index in [9.17, 15) is 13.6 Å². The standard InChI is InChI=1S/C13H15BrF2N2O2/c1-13(2-4-20-5-3-13)18-12(19)17-11-7-9(15)8(14)6-10(11)16/h6-7H,2-5H2,1H3,(H2,17,18,19). The summed E-state index contributed by atoms with van der Waals surface area (Å²) in [6.07, 6.45) is 1.36. The summed E-state index contributed by atoms with van der Waals surface area (Å²) < 4.78 is 32.2. The van der Waals surface area contributed by atoms with Gasteiger partial charge in [0.1, 0.15) is 11.6 Å². The highest BCUT2D eigenvalue weighted by atomic mass is 79.9. The molecule has 2 amide bonds. The average molecular weight is 349 g/mol. The maximum Gasteiger partial charge on any atom is 0.319 e. The lowest BCUT2D eigenvalue weighted by Crippen LogP contribution is -2.51. The summed E-state index contributed by atoms with van der Waals surface area (Å²) in [5.41, 5.74) is -0.592. The first-order valence-electron chi connectivity index (χ1n) is 6.21. The highest BCUT2D eigenvalue weighted by molar-refractivity contribution is 9.10. The molecule has 2 rings (SSSR count). The van der Waals surface area contributed by atoms with E-state index >= 15 is 0 Å². The van der Waals surface area contributed by atoms with Gasteiger partial charge in [-0.1, -0.05) is 0 Å². The predicted octanol–water partition coefficient (Wildman–Crippen LogP) is 3.42. The summed E-state index contributed by atoms with van der Waals surface area (Å²) in [5, 5.41) is 5.10. The van der Waals surface area contributed by atoms with Crippen LogP contribution < -0.4 is 10.6 Å². The molecule has 7 heteroatoms. The number of anilines is 1. The van der Waals surface area contributed by atoms with E-state index in [0.717, 1.165) is 12.1 Å². The summed E-state index contributed by atoms with van der Waals surface area (Å²) in [6, 6.07) is 1.35. The lowest BCUT2D eigenvalue weighted by molar-refractivity contribution is 0.0499. The molecule has 0 radical (unpaired) electrons. The molecule has 1 aromatic carbocycles. The number of ether oxygens (including phenoxy) is 1. The Morgan fingerprint density at radius 3 is 2.60 bits per heavy atom. The van der Waals surface area contributed by atoms with Crippen LogP contribution in [-0.2, 0) is 4.74 Å². The van der Waals surface area contributed by atoms with Crippen molar-refractivity contribution in [3.63, 3.8) is 0 Å². The van der Waals surface area contributed by atoms with Gasteiger partial charge in [0.25, 0.3) is 0 Å². The van der Waals surface area contributed by atoms with E-state index in [1.54, 1.807) is 0 Å². The molecule has 0 atom stereocenters. The molecular weight excluding hydrogens is 334 g/mol. The summed E-state index contributed by atoms with van der Waals surface area (Å²) in [7, 11) is 0. The zero-order valence-electron chi connectivity index (χ0n) is 10.9. The maximum atomic E-state index is 13.6. The number of carbonyl (C=O) groups is 1. The second kappa shape index (κ2) is 6.05. The van der Waals surface area contributed by atoms with Gasteiger partial charge in [-0.05, 0) is 41.8 Å². The van der Waals surface area contributed by atoms with E-state index in [2.05, 4.69) is 26.6 Å². The lowest BCUT2D eigenvalue weighted by atomic mass is 9.93. The molecule has 1 saturated heterocycles. The minimum absolute atomic E-state index is 0.0114. The monoisotopic (exact) mass is 348 g/mol. The summed E-state index contributed by atoms with van der Waals surface area (Å²) in [6.45, 7) is 3.03. The van der Waals surface area contributed by atoms with E-state index in [-0.39, 0.29) is 10.2 Å². The fraction of sp³-hybridized carbons (Fsp3) is 0.462. The number of rotatable bonds is 2. The second-order valence-corrected chi connectivity index (χ2v) is 5.85. The Kier molecular flexibility index (Phi) is 4.59. The molecule has 2 N–H and O–H groups in total. The highest BCUT2D eigenvalue weighted by Crippen LogP contribution is 2.24. The van der Waals surface area contributed by atoms with Gasteiger partial charge in [0.05, 0.1) is 10.2 Å². The van der Waals surface area contributed by atoms with Gasteiger partial charge in [-0.3, -0.25) is 0 Å². The number of carbonyl (C=O) groups excluding carboxylic acids is 1. The van der Waals surface area contributed by atoms with Gasteiger partial charge < -0.3 is 15.4 Å². The Hall–Kier alpha value is -1.21. The van der Waals surface area contributed by atoms with Crippen LogP contribution in [0.25, 0.3) is 0 Å². The van der Waals surface area contributed by atoms with Gasteiger partial charge in [0.15, 0.2) is 0 Å². The molecular formula is C13H15BrF2N2O2. The van der Waals surface area contributed by atoms with E-state index in [1.807, 2.05) is 6.92 Å². The van der Waals surface area contributed by atoms with Crippen molar-refractivity contribution in [3.05, 3.63) is 28.2 Å². The molecule has 0 aliphatic carbocycles. The van der Waals surface area contributed by atoms with Crippen molar-refractivity contribution in [3.8, 4) is 0 Å². The van der Waals surface area contributed by atoms with Gasteiger partial charge in [-0.2, -0.15) is 0 Å². The van der Waals surface area contributed by atoms with Gasteiger partial charge in [0, 0.05) is 24.8 Å². The van der Waals surface area contributed by atoms with Crippen molar-refractivity contribution in [1.82, 2.24) is 5.32 Å². The highest BCUT2D eigenvalue weighted by Gasteiger charge is 2.29. The first-order valence-corrected chi connectivity index (χ1v) is 7.00. The molecule has 1 aromatic rings. The van der Waals surface area contributed by atoms with Crippen LogP contribution in [0.5, 0.6) is 0 Å². The smallest absolute Gasteiger partial charge is 0.319 e. The quantitative estimate of drug-likeness (QED) is 0.804. The molecule has 0 aromatic heterocycles. The topological polar surface area (TPSA) is 50.4 Å². The van der Waals surface area contributed by atoms with Crippen LogP contribution in [-0.4, -0.2) is 24.8 Å². The van der Waals surface area contributed by atoms with Crippen LogP contribution in [0.1, 0.15) is 19.8 Å². The first kappa shape index (κ1) is 15.2. The lowest BCUT2D eigenvalue weighted by Gasteiger charge is -2.34. The van der Waals surface area contributed by atoms with Crippen molar-refractivity contribution in [1.29, 1.82) is 0 Å². The summed E-state index contributed by atoms with van der Waals surface area (Å²) in [5.74, 6) is -1.34. The van der Waals surface area contributed by atoms with Crippen LogP contribution in [0.15, 0.2) is 16.6 Å². The van der Waals surface area contributed by atoms with Crippen LogP contribution in [0.4, 0.5) is 19.3 Å². The predicted molar refractivity (Wildman–Crippen MR) is 74.7 cm³/mol. The first-order chi connectivity index (χ1) is 9.39. The van der Waals surface area contributed by atoms with Crippen LogP contribution in [0.2, 0.25) is 0 Å². The number of nitrogens with one attached hydrogen (secondary N) is 2. The third-order valence-electron chi connectivity index (χ3n) is 3.27. The zero-order chi connectivity index (χ0) is 14.8. The Balaban J connectivity index is 2.03. The summed E-state index contributed by atoms with van der Waals surface area (Å²) in [4.78, 5) is 11.9. The molecule has 1 fully saturated rings. The van der Waals surface area contributed by atoms with Crippen molar-refractivity contribution in [2.75, 3.05) is 18.5 Å². The van der Waals surface area contributed by atoms with Gasteiger partial charge in [-0.25, -0.2) is 13.6 Å². The fourth-order valence-corrected chi connectivity index (χ4v) is 2.31. The molecule has 1 heterocycles. The minimum Gasteiger partial charge on any atom is -0.381 e. The Morgan fingerprint density at radius 2 is 1.95 bits per heavy atom. The number of halogens is 3. The third kappa shape index (κ3) is 3.67. The van der Waals surface area contributed by atoms with Crippen molar-refractivity contribution in [2.45, 2.75) is 25.3 Å². The number of hydrogen-bond acceptors (Lipinski definition) is 2. The number of amides is 2. The van der Waals surface area contributed by atoms with Crippen LogP contribution in [0.3, 0.4) is 0 Å². The molecule has 0 unspecified atom stereocenters. The van der Waals surface area contributed by atoms with E-state index in [4.69, 9.17) is 4.74 Å². The molecule has 110 valence electrons. The van der Waals surface area contributed by atoms with Crippen LogP contribution >= 0.6 is 15.9 Å². The molecule has 1 aliphatic rings. The Labute approximate surface area is 124 Å². The molecule has 20 heavy (non-hydrogen) atoms. The van der Waals surface area contributed by atoms with E-state index in [0.29, 0.717) is 26.1 Å².